The molecule has 120 valence electrons. The van der Waals surface area contributed by atoms with Crippen LogP contribution in [-0.4, -0.2) is 17.7 Å². The Hall–Kier alpha value is -1.58. The van der Waals surface area contributed by atoms with Crippen molar-refractivity contribution in [3.05, 3.63) is 29.1 Å². The number of ether oxygens (including phenoxy) is 1. The van der Waals surface area contributed by atoms with Crippen molar-refractivity contribution in [1.82, 2.24) is 0 Å². The lowest BCUT2D eigenvalue weighted by atomic mass is 9.83. The minimum atomic E-state index is -1.22. The van der Waals surface area contributed by atoms with Gasteiger partial charge in [0.1, 0.15) is 11.6 Å². The van der Waals surface area contributed by atoms with Crippen molar-refractivity contribution >= 4 is 5.97 Å². The molecule has 0 aromatic heterocycles. The molecule has 4 heteroatoms. The molecule has 0 radical (unpaired) electrons. The summed E-state index contributed by atoms with van der Waals surface area (Å²) in [6, 6.07) is 2.73. The van der Waals surface area contributed by atoms with Gasteiger partial charge < -0.3 is 9.84 Å². The molecule has 0 unspecified atom stereocenters. The first-order valence-corrected chi connectivity index (χ1v) is 8.24. The van der Waals surface area contributed by atoms with Crippen LogP contribution in [0.1, 0.15) is 67.3 Å². The van der Waals surface area contributed by atoms with E-state index in [0.717, 1.165) is 37.2 Å². The predicted molar refractivity (Wildman–Crippen MR) is 82.0 cm³/mol. The van der Waals surface area contributed by atoms with Crippen LogP contribution in [0.2, 0.25) is 0 Å². The van der Waals surface area contributed by atoms with Gasteiger partial charge >= 0.3 is 5.97 Å². The number of carbonyl (C=O) groups is 1. The molecule has 3 rings (SSSR count). The van der Waals surface area contributed by atoms with Crippen molar-refractivity contribution in [2.24, 2.45) is 11.8 Å². The third kappa shape index (κ3) is 3.42. The Morgan fingerprint density at radius 3 is 2.50 bits per heavy atom. The molecule has 2 fully saturated rings. The second-order valence-electron chi connectivity index (χ2n) is 6.89. The number of halogens is 1. The average Bonchev–Trinajstić information content (AvgIpc) is 3.31. The minimum absolute atomic E-state index is 0.249. The van der Waals surface area contributed by atoms with E-state index in [2.05, 4.69) is 6.92 Å². The van der Waals surface area contributed by atoms with Crippen LogP contribution >= 0.6 is 0 Å². The van der Waals surface area contributed by atoms with E-state index in [9.17, 15) is 9.18 Å². The molecule has 0 atom stereocenters. The highest BCUT2D eigenvalue weighted by Gasteiger charge is 2.30. The molecule has 22 heavy (non-hydrogen) atoms. The van der Waals surface area contributed by atoms with Gasteiger partial charge in [0.15, 0.2) is 0 Å². The summed E-state index contributed by atoms with van der Waals surface area (Å²) in [6.45, 7) is 2.89. The molecule has 3 nitrogen and oxygen atoms in total. The molecule has 2 aliphatic carbocycles. The Balaban J connectivity index is 1.72. The monoisotopic (exact) mass is 306 g/mol. The van der Waals surface area contributed by atoms with Crippen molar-refractivity contribution in [3.8, 4) is 5.75 Å². The van der Waals surface area contributed by atoms with E-state index >= 15 is 0 Å². The number of hydrogen-bond acceptors (Lipinski definition) is 2. The van der Waals surface area contributed by atoms with Crippen LogP contribution < -0.4 is 4.74 Å². The zero-order valence-corrected chi connectivity index (χ0v) is 13.0. The van der Waals surface area contributed by atoms with Crippen molar-refractivity contribution in [2.45, 2.75) is 51.4 Å². The fraction of sp³-hybridized carbons (Fsp3) is 0.611. The Morgan fingerprint density at radius 1 is 1.23 bits per heavy atom. The summed E-state index contributed by atoms with van der Waals surface area (Å²) in [5.41, 5.74) is 0.615. The molecule has 0 spiro atoms. The van der Waals surface area contributed by atoms with Crippen LogP contribution in [-0.2, 0) is 0 Å². The molecule has 1 N–H and O–H groups in total. The van der Waals surface area contributed by atoms with Gasteiger partial charge in [-0.3, -0.25) is 0 Å². The van der Waals surface area contributed by atoms with E-state index in [1.807, 2.05) is 0 Å². The SMILES string of the molecule is C[C@H]1CC[C@H](COc2cc(F)c(C(=O)O)cc2C2CC2)CC1. The van der Waals surface area contributed by atoms with Gasteiger partial charge in [0.25, 0.3) is 0 Å². The molecule has 2 aliphatic rings. The second kappa shape index (κ2) is 6.27. The number of aromatic carboxylic acids is 1. The molecule has 1 aromatic carbocycles. The van der Waals surface area contributed by atoms with Gasteiger partial charge in [-0.05, 0) is 55.1 Å². The summed E-state index contributed by atoms with van der Waals surface area (Å²) in [5, 5.41) is 9.06. The summed E-state index contributed by atoms with van der Waals surface area (Å²) in [6.07, 6.45) is 6.85. The van der Waals surface area contributed by atoms with Crippen LogP contribution in [0.3, 0.4) is 0 Å². The Bertz CT molecular complexity index is 558. The van der Waals surface area contributed by atoms with Gasteiger partial charge in [0, 0.05) is 6.07 Å². The van der Waals surface area contributed by atoms with Crippen LogP contribution in [0.5, 0.6) is 5.75 Å². The maximum Gasteiger partial charge on any atom is 0.338 e. The molecule has 2 saturated carbocycles. The fourth-order valence-electron chi connectivity index (χ4n) is 3.28. The molecular formula is C18H23FO3. The topological polar surface area (TPSA) is 46.5 Å². The van der Waals surface area contributed by atoms with Gasteiger partial charge in [-0.25, -0.2) is 9.18 Å². The maximum absolute atomic E-state index is 13.9. The number of carboxylic acid groups (broad SMARTS) is 1. The van der Waals surface area contributed by atoms with E-state index < -0.39 is 11.8 Å². The highest BCUT2D eigenvalue weighted by Crippen LogP contribution is 2.45. The lowest BCUT2D eigenvalue weighted by Crippen LogP contribution is -2.19. The first-order chi connectivity index (χ1) is 10.5. The molecule has 0 heterocycles. The Kier molecular flexibility index (Phi) is 4.37. The maximum atomic E-state index is 13.9. The van der Waals surface area contributed by atoms with E-state index in [1.165, 1.54) is 25.0 Å². The summed E-state index contributed by atoms with van der Waals surface area (Å²) in [7, 11) is 0. The predicted octanol–water partition coefficient (Wildman–Crippen LogP) is 4.61. The zero-order valence-electron chi connectivity index (χ0n) is 13.0. The molecule has 1 aromatic rings. The highest BCUT2D eigenvalue weighted by atomic mass is 19.1. The molecule has 0 saturated heterocycles. The van der Waals surface area contributed by atoms with E-state index in [4.69, 9.17) is 9.84 Å². The van der Waals surface area contributed by atoms with E-state index in [-0.39, 0.29) is 5.56 Å². The van der Waals surface area contributed by atoms with Crippen molar-refractivity contribution < 1.29 is 19.0 Å². The third-order valence-electron chi connectivity index (χ3n) is 4.96. The summed E-state index contributed by atoms with van der Waals surface area (Å²) >= 11 is 0. The second-order valence-corrected chi connectivity index (χ2v) is 6.89. The number of hydrogen-bond donors (Lipinski definition) is 1. The normalized spacial score (nSPS) is 25.0. The fourth-order valence-corrected chi connectivity index (χ4v) is 3.28. The summed E-state index contributed by atoms with van der Waals surface area (Å²) < 4.78 is 19.8. The largest absolute Gasteiger partial charge is 0.493 e. The standard InChI is InChI=1S/C18H23FO3/c1-11-2-4-12(5-3-11)10-22-17-9-16(19)15(18(20)21)8-14(17)13-6-7-13/h8-9,11-13H,2-7,10H2,1H3,(H,20,21)/t11-,12-. The summed E-state index contributed by atoms with van der Waals surface area (Å²) in [4.78, 5) is 11.1. The summed E-state index contributed by atoms with van der Waals surface area (Å²) in [5.74, 6) is 0.288. The third-order valence-corrected chi connectivity index (χ3v) is 4.96. The number of rotatable bonds is 5. The zero-order chi connectivity index (χ0) is 15.7. The Morgan fingerprint density at radius 2 is 1.91 bits per heavy atom. The van der Waals surface area contributed by atoms with Crippen molar-refractivity contribution in [1.29, 1.82) is 0 Å². The van der Waals surface area contributed by atoms with Gasteiger partial charge in [0.2, 0.25) is 0 Å². The van der Waals surface area contributed by atoms with Crippen molar-refractivity contribution in [2.75, 3.05) is 6.61 Å². The quantitative estimate of drug-likeness (QED) is 0.864. The van der Waals surface area contributed by atoms with Crippen LogP contribution in [0.4, 0.5) is 4.39 Å². The van der Waals surface area contributed by atoms with Gasteiger partial charge in [-0.2, -0.15) is 0 Å². The van der Waals surface area contributed by atoms with Gasteiger partial charge in [-0.1, -0.05) is 19.8 Å². The smallest absolute Gasteiger partial charge is 0.338 e. The number of benzene rings is 1. The van der Waals surface area contributed by atoms with Crippen LogP contribution in [0.15, 0.2) is 12.1 Å². The van der Waals surface area contributed by atoms with Crippen LogP contribution in [0.25, 0.3) is 0 Å². The first-order valence-electron chi connectivity index (χ1n) is 8.24. The first kappa shape index (κ1) is 15.3. The molecular weight excluding hydrogens is 283 g/mol. The van der Waals surface area contributed by atoms with Crippen LogP contribution in [0, 0.1) is 17.7 Å². The van der Waals surface area contributed by atoms with E-state index in [1.54, 1.807) is 0 Å². The van der Waals surface area contributed by atoms with E-state index in [0.29, 0.717) is 24.2 Å². The molecule has 0 aliphatic heterocycles. The number of carboxylic acids is 1. The highest BCUT2D eigenvalue weighted by molar-refractivity contribution is 5.88. The average molecular weight is 306 g/mol. The molecule has 0 amide bonds. The van der Waals surface area contributed by atoms with Gasteiger partial charge in [0.05, 0.1) is 12.2 Å². The lowest BCUT2D eigenvalue weighted by Gasteiger charge is -2.26. The van der Waals surface area contributed by atoms with Crippen molar-refractivity contribution in [3.63, 3.8) is 0 Å². The minimum Gasteiger partial charge on any atom is -0.493 e. The molecule has 0 bridgehead atoms. The van der Waals surface area contributed by atoms with Gasteiger partial charge in [-0.15, -0.1) is 0 Å². The lowest BCUT2D eigenvalue weighted by molar-refractivity contribution is 0.0691. The Labute approximate surface area is 130 Å².